The maximum Gasteiger partial charge on any atom is 0.549 e. The molecule has 0 heterocycles. The monoisotopic (exact) mass is 1190 g/mol. The van der Waals surface area contributed by atoms with Gasteiger partial charge < -0.3 is 75.8 Å². The number of hydrogen-bond donors (Lipinski definition) is 0. The fourth-order valence-electron chi connectivity index (χ4n) is 7.46. The number of carbonyl (C=O) groups excluding carboxylic acids is 8. The molecule has 2 unspecified atom stereocenters. The lowest BCUT2D eigenvalue weighted by Gasteiger charge is -2.26. The Balaban J connectivity index is 1.57. The summed E-state index contributed by atoms with van der Waals surface area (Å²) in [5.74, 6) is -7.33. The van der Waals surface area contributed by atoms with Crippen molar-refractivity contribution in [3.63, 3.8) is 0 Å². The SMILES string of the molecule is COc1ccc(C(=O)OOC(=O)OCCC(COC(=O)OOC(=O)c2ccc(OC)c(OC)c2OC)C(CCOC(=O)OOC(=O)c2ccc(OC)c(OC)c2OC)COC(=O)OOC(=O)c2ccc(OC)c(OC)c2OC)c(OC)c1OC. The van der Waals surface area contributed by atoms with Crippen LogP contribution in [0, 0.1) is 11.8 Å². The van der Waals surface area contributed by atoms with Gasteiger partial charge in [0, 0.05) is 11.8 Å². The van der Waals surface area contributed by atoms with Gasteiger partial charge in [-0.1, -0.05) is 0 Å². The van der Waals surface area contributed by atoms with E-state index in [0.29, 0.717) is 0 Å². The first-order chi connectivity index (χ1) is 40.5. The number of benzene rings is 4. The fourth-order valence-corrected chi connectivity index (χ4v) is 7.46. The molecule has 0 saturated heterocycles. The Kier molecular flexibility index (Phi) is 26.1. The minimum absolute atomic E-state index is 0.00595. The molecule has 0 spiro atoms. The second-order valence-corrected chi connectivity index (χ2v) is 15.8. The van der Waals surface area contributed by atoms with Crippen LogP contribution in [0.15, 0.2) is 48.5 Å². The molecule has 4 rings (SSSR count). The molecular weight excluding hydrogens is 1140 g/mol. The Bertz CT molecular complexity index is 2740. The Morgan fingerprint density at radius 3 is 0.690 bits per heavy atom. The third-order valence-corrected chi connectivity index (χ3v) is 11.4. The zero-order chi connectivity index (χ0) is 61.9. The summed E-state index contributed by atoms with van der Waals surface area (Å²) in [6.07, 6.45) is -7.25. The summed E-state index contributed by atoms with van der Waals surface area (Å²) in [5.41, 5.74) is -1.10. The lowest BCUT2D eigenvalue weighted by Crippen LogP contribution is -2.30. The van der Waals surface area contributed by atoms with Gasteiger partial charge in [-0.15, -0.1) is 0 Å². The van der Waals surface area contributed by atoms with E-state index in [1.165, 1.54) is 134 Å². The summed E-state index contributed by atoms with van der Waals surface area (Å²) in [5, 5.41) is 0. The van der Waals surface area contributed by atoms with Crippen LogP contribution in [-0.2, 0) is 58.0 Å². The van der Waals surface area contributed by atoms with Crippen LogP contribution in [0.3, 0.4) is 0 Å². The van der Waals surface area contributed by atoms with Crippen LogP contribution in [0.1, 0.15) is 54.3 Å². The zero-order valence-electron chi connectivity index (χ0n) is 47.1. The molecule has 0 saturated carbocycles. The van der Waals surface area contributed by atoms with E-state index in [1.54, 1.807) is 0 Å². The molecule has 0 aromatic heterocycles. The van der Waals surface area contributed by atoms with Gasteiger partial charge in [0.25, 0.3) is 0 Å². The molecule has 4 aromatic carbocycles. The Morgan fingerprint density at radius 2 is 0.488 bits per heavy atom. The second kappa shape index (κ2) is 33.3. The lowest BCUT2D eigenvalue weighted by atomic mass is 9.88. The predicted molar refractivity (Wildman–Crippen MR) is 272 cm³/mol. The van der Waals surface area contributed by atoms with Crippen LogP contribution in [0.25, 0.3) is 0 Å². The molecule has 0 amide bonds. The summed E-state index contributed by atoms with van der Waals surface area (Å²) in [6, 6.07) is 10.3. The van der Waals surface area contributed by atoms with E-state index in [1.807, 2.05) is 0 Å². The molecule has 32 heteroatoms. The fraction of sp³-hybridized carbons (Fsp3) is 0.385. The van der Waals surface area contributed by atoms with E-state index in [4.69, 9.17) is 85.6 Å². The molecule has 0 N–H and O–H groups in total. The minimum atomic E-state index is -1.64. The van der Waals surface area contributed by atoms with Crippen molar-refractivity contribution in [2.75, 3.05) is 112 Å². The van der Waals surface area contributed by atoms with Crippen molar-refractivity contribution < 1.29 is 153 Å². The first-order valence-electron chi connectivity index (χ1n) is 23.9. The molecule has 32 nitrogen and oxygen atoms in total. The first-order valence-corrected chi connectivity index (χ1v) is 23.9. The quantitative estimate of drug-likeness (QED) is 0.0256. The van der Waals surface area contributed by atoms with Gasteiger partial charge in [0.05, 0.1) is 112 Å². The predicted octanol–water partition coefficient (Wildman–Crippen LogP) is 6.80. The highest BCUT2D eigenvalue weighted by molar-refractivity contribution is 5.96. The van der Waals surface area contributed by atoms with Gasteiger partial charge in [0.15, 0.2) is 46.0 Å². The van der Waals surface area contributed by atoms with Crippen molar-refractivity contribution in [3.05, 3.63) is 70.8 Å². The molecule has 0 aliphatic carbocycles. The molecule has 84 heavy (non-hydrogen) atoms. The highest BCUT2D eigenvalue weighted by Crippen LogP contribution is 2.43. The van der Waals surface area contributed by atoms with Crippen LogP contribution in [0.2, 0.25) is 0 Å². The molecule has 2 atom stereocenters. The summed E-state index contributed by atoms with van der Waals surface area (Å²) in [4.78, 5) is 141. The molecule has 0 fully saturated rings. The van der Waals surface area contributed by atoms with Gasteiger partial charge in [0.1, 0.15) is 22.3 Å². The normalized spacial score (nSPS) is 11.0. The van der Waals surface area contributed by atoms with E-state index < -0.39 is 99.6 Å². The van der Waals surface area contributed by atoms with E-state index in [2.05, 4.69) is 29.3 Å². The average Bonchev–Trinajstić information content (AvgIpc) is 3.52. The topological polar surface area (TPSA) is 358 Å². The smallest absolute Gasteiger partial charge is 0.493 e. The van der Waals surface area contributed by atoms with Gasteiger partial charge in [-0.25, -0.2) is 58.3 Å². The maximum absolute atomic E-state index is 13.1. The zero-order valence-corrected chi connectivity index (χ0v) is 47.1. The standard InChI is InChI=1S/C52H58O32/c1-61-33-17-13-29(37(65-5)41(33)69-9)45(53)77-81-49(57)73-23-21-27(25-75-51(59)83-79-47(55)31-15-19-35(63-3)43(71-11)39(31)67-7)28(26-76-52(60)84-80-48(56)32-16-20-36(64-4)44(72-12)40(32)68-8)22-24-74-50(58)82-78-46(54)30-14-18-34(62-2)42(70-10)38(30)66-6/h13-20,27-28H,21-26H2,1-12H3. The van der Waals surface area contributed by atoms with E-state index in [-0.39, 0.29) is 91.2 Å². The highest BCUT2D eigenvalue weighted by atomic mass is 17.3. The number of rotatable bonds is 27. The largest absolute Gasteiger partial charge is 0.549 e. The number of methoxy groups -OCH3 is 12. The molecule has 0 aliphatic rings. The molecule has 4 aromatic rings. The molecule has 0 radical (unpaired) electrons. The van der Waals surface area contributed by atoms with E-state index >= 15 is 0 Å². The van der Waals surface area contributed by atoms with Crippen molar-refractivity contribution in [2.45, 2.75) is 12.8 Å². The summed E-state index contributed by atoms with van der Waals surface area (Å²) in [7, 11) is 15.3. The molecule has 458 valence electrons. The number of carbonyl (C=O) groups is 8. The Labute approximate surface area is 477 Å². The number of hydrogen-bond acceptors (Lipinski definition) is 32. The maximum atomic E-state index is 13.1. The minimum Gasteiger partial charge on any atom is -0.493 e. The van der Waals surface area contributed by atoms with Gasteiger partial charge in [-0.3, -0.25) is 0 Å². The van der Waals surface area contributed by atoms with Crippen LogP contribution in [-0.4, -0.2) is 160 Å². The van der Waals surface area contributed by atoms with Gasteiger partial charge in [-0.05, 0) is 61.4 Å². The second-order valence-electron chi connectivity index (χ2n) is 15.8. The Hall–Kier alpha value is -10.6. The molecular formula is C52H58O32. The third kappa shape index (κ3) is 17.2. The van der Waals surface area contributed by atoms with Gasteiger partial charge in [0.2, 0.25) is 23.0 Å². The summed E-state index contributed by atoms with van der Waals surface area (Å²) in [6.45, 7) is -2.90. The van der Waals surface area contributed by atoms with Crippen molar-refractivity contribution in [1.29, 1.82) is 0 Å². The van der Waals surface area contributed by atoms with Gasteiger partial charge in [-0.2, -0.15) is 19.2 Å². The van der Waals surface area contributed by atoms with Crippen molar-refractivity contribution in [2.24, 2.45) is 11.8 Å². The van der Waals surface area contributed by atoms with E-state index in [9.17, 15) is 38.4 Å². The third-order valence-electron chi connectivity index (χ3n) is 11.4. The first kappa shape index (κ1) is 66.0. The van der Waals surface area contributed by atoms with Crippen molar-refractivity contribution in [3.8, 4) is 69.0 Å². The number of ether oxygens (including phenoxy) is 16. The van der Waals surface area contributed by atoms with Crippen LogP contribution in [0.4, 0.5) is 19.2 Å². The summed E-state index contributed by atoms with van der Waals surface area (Å²) < 4.78 is 83.7. The highest BCUT2D eigenvalue weighted by Gasteiger charge is 2.32. The summed E-state index contributed by atoms with van der Waals surface area (Å²) >= 11 is 0. The van der Waals surface area contributed by atoms with Crippen LogP contribution in [0.5, 0.6) is 69.0 Å². The van der Waals surface area contributed by atoms with Crippen LogP contribution >= 0.6 is 0 Å². The Morgan fingerprint density at radius 1 is 0.274 bits per heavy atom. The van der Waals surface area contributed by atoms with Crippen molar-refractivity contribution in [1.82, 2.24) is 0 Å². The van der Waals surface area contributed by atoms with Crippen LogP contribution < -0.4 is 56.8 Å². The van der Waals surface area contributed by atoms with Crippen molar-refractivity contribution >= 4 is 48.5 Å². The van der Waals surface area contributed by atoms with Gasteiger partial charge >= 0.3 is 48.5 Å². The molecule has 0 aliphatic heterocycles. The average molecular weight is 1200 g/mol. The lowest BCUT2D eigenvalue weighted by molar-refractivity contribution is -0.208. The molecule has 0 bridgehead atoms. The van der Waals surface area contributed by atoms with E-state index in [0.717, 1.165) is 0 Å².